The maximum Gasteiger partial charge on any atom is 0.407 e. The fourth-order valence-corrected chi connectivity index (χ4v) is 6.53. The van der Waals surface area contributed by atoms with E-state index in [0.717, 1.165) is 31.4 Å². The maximum absolute atomic E-state index is 13.0. The fourth-order valence-electron chi connectivity index (χ4n) is 6.53. The molecule has 0 saturated heterocycles. The zero-order valence-corrected chi connectivity index (χ0v) is 33.3. The second kappa shape index (κ2) is 24.4. The Balaban J connectivity index is 1.44. The van der Waals surface area contributed by atoms with E-state index in [9.17, 15) is 24.6 Å². The van der Waals surface area contributed by atoms with Crippen LogP contribution in [0.5, 0.6) is 17.2 Å². The molecule has 13 nitrogen and oxygen atoms in total. The Kier molecular flexibility index (Phi) is 19.1. The molecule has 0 unspecified atom stereocenters. The highest BCUT2D eigenvalue weighted by molar-refractivity contribution is 5.83. The van der Waals surface area contributed by atoms with Crippen molar-refractivity contribution < 1.29 is 57.8 Å². The molecule has 1 aliphatic carbocycles. The van der Waals surface area contributed by atoms with Gasteiger partial charge in [-0.1, -0.05) is 74.6 Å². The predicted octanol–water partition coefficient (Wildman–Crippen LogP) is 6.56. The quantitative estimate of drug-likeness (QED) is 0.0365. The molecule has 2 aromatic carbocycles. The van der Waals surface area contributed by atoms with E-state index in [1.54, 1.807) is 49.6 Å². The van der Waals surface area contributed by atoms with Crippen LogP contribution in [-0.2, 0) is 28.5 Å². The molecule has 314 valence electrons. The van der Waals surface area contributed by atoms with Crippen LogP contribution in [0.25, 0.3) is 0 Å². The second-order valence-corrected chi connectivity index (χ2v) is 14.1. The van der Waals surface area contributed by atoms with Crippen LogP contribution in [0.1, 0.15) is 51.9 Å². The highest BCUT2D eigenvalue weighted by Crippen LogP contribution is 2.29. The Hall–Kier alpha value is -5.37. The number of alkyl carbamates (subject to hydrolysis) is 1. The number of methoxy groups -OCH3 is 1. The van der Waals surface area contributed by atoms with Crippen LogP contribution < -0.4 is 19.5 Å². The Bertz CT molecular complexity index is 1690. The monoisotopic (exact) mass is 803 g/mol. The highest BCUT2D eigenvalue weighted by Gasteiger charge is 2.36. The van der Waals surface area contributed by atoms with E-state index in [0.29, 0.717) is 17.9 Å². The van der Waals surface area contributed by atoms with Gasteiger partial charge in [0.05, 0.1) is 19.3 Å². The molecule has 3 N–H and O–H groups in total. The van der Waals surface area contributed by atoms with E-state index < -0.39 is 41.9 Å². The number of amides is 1. The lowest BCUT2D eigenvalue weighted by molar-refractivity contribution is -0.152. The third-order valence-electron chi connectivity index (χ3n) is 9.82. The topological polar surface area (TPSA) is 168 Å². The molecule has 0 aromatic heterocycles. The number of aliphatic hydroxyl groups excluding tert-OH is 1. The number of aliphatic hydroxyl groups is 2. The van der Waals surface area contributed by atoms with Crippen LogP contribution in [0.3, 0.4) is 0 Å². The van der Waals surface area contributed by atoms with Crippen LogP contribution in [-0.4, -0.2) is 91.9 Å². The van der Waals surface area contributed by atoms with Gasteiger partial charge in [0.25, 0.3) is 0 Å². The summed E-state index contributed by atoms with van der Waals surface area (Å²) in [5.41, 5.74) is -1.96. The largest absolute Gasteiger partial charge is 0.497 e. The Morgan fingerprint density at radius 2 is 1.79 bits per heavy atom. The summed E-state index contributed by atoms with van der Waals surface area (Å²) in [7, 11) is 1.61. The summed E-state index contributed by atoms with van der Waals surface area (Å²) >= 11 is 0. The van der Waals surface area contributed by atoms with Crippen molar-refractivity contribution in [2.24, 2.45) is 11.8 Å². The van der Waals surface area contributed by atoms with Gasteiger partial charge in [-0.15, -0.1) is 0 Å². The molecule has 1 heterocycles. The van der Waals surface area contributed by atoms with Gasteiger partial charge in [0.1, 0.15) is 41.7 Å². The predicted molar refractivity (Wildman–Crippen MR) is 217 cm³/mol. The first-order valence-electron chi connectivity index (χ1n) is 19.7. The standard InChI is InChI=1S/C45H57NO12/c1-4-28-53-44(50)46-27-26-45(51,25-24-40-34(5-2)18-23-42(48)58-40)41(47)30-39(57-43(49)31-54-36-14-7-6-8-15-36)16-10-9-12-33-13-11-17-38(29-33)56-32-55-37-21-19-35(52-3)20-22-37/h4,6-10,12,14-16,18-25,33-34,38-41,47,51H,1,5,11,13,17,26-32H2,2-3H3,(H,46,50)/b12-9-,16-10-,25-24+/t33-,34+,38+,39+,40+,41-,45+/m1/s1. The summed E-state index contributed by atoms with van der Waals surface area (Å²) in [5.74, 6) is 0.818. The number of benzene rings is 2. The minimum absolute atomic E-state index is 0.00511. The lowest BCUT2D eigenvalue weighted by Crippen LogP contribution is -2.46. The van der Waals surface area contributed by atoms with Crippen molar-refractivity contribution in [2.45, 2.75) is 81.9 Å². The van der Waals surface area contributed by atoms with Crippen molar-refractivity contribution in [1.82, 2.24) is 5.32 Å². The molecule has 1 saturated carbocycles. The number of carbonyl (C=O) groups is 3. The van der Waals surface area contributed by atoms with E-state index in [2.05, 4.69) is 18.0 Å². The Morgan fingerprint density at radius 3 is 2.53 bits per heavy atom. The third kappa shape index (κ3) is 15.9. The van der Waals surface area contributed by atoms with Crippen molar-refractivity contribution >= 4 is 18.0 Å². The van der Waals surface area contributed by atoms with Gasteiger partial charge in [-0.3, -0.25) is 0 Å². The Morgan fingerprint density at radius 1 is 1.03 bits per heavy atom. The summed E-state index contributed by atoms with van der Waals surface area (Å²) in [5, 5.41) is 26.1. The zero-order chi connectivity index (χ0) is 41.6. The van der Waals surface area contributed by atoms with Crippen molar-refractivity contribution in [2.75, 3.05) is 33.7 Å². The van der Waals surface area contributed by atoms with Crippen molar-refractivity contribution in [1.29, 1.82) is 0 Å². The summed E-state index contributed by atoms with van der Waals surface area (Å²) in [6, 6.07) is 16.1. The minimum atomic E-state index is -1.96. The van der Waals surface area contributed by atoms with Gasteiger partial charge in [0.15, 0.2) is 13.4 Å². The average molecular weight is 804 g/mol. The van der Waals surface area contributed by atoms with Crippen molar-refractivity contribution in [3.8, 4) is 17.2 Å². The first-order valence-corrected chi connectivity index (χ1v) is 19.7. The minimum Gasteiger partial charge on any atom is -0.497 e. The molecule has 58 heavy (non-hydrogen) atoms. The van der Waals surface area contributed by atoms with Crippen LogP contribution in [0, 0.1) is 11.8 Å². The smallest absolute Gasteiger partial charge is 0.407 e. The molecule has 1 aliphatic heterocycles. The molecule has 0 spiro atoms. The van der Waals surface area contributed by atoms with Crippen LogP contribution in [0.2, 0.25) is 0 Å². The van der Waals surface area contributed by atoms with Crippen LogP contribution in [0.4, 0.5) is 4.79 Å². The molecular formula is C45H57NO12. The van der Waals surface area contributed by atoms with E-state index in [1.165, 1.54) is 24.3 Å². The van der Waals surface area contributed by atoms with Gasteiger partial charge in [0, 0.05) is 25.0 Å². The third-order valence-corrected chi connectivity index (χ3v) is 9.82. The lowest BCUT2D eigenvalue weighted by atomic mass is 9.86. The summed E-state index contributed by atoms with van der Waals surface area (Å²) in [6.07, 6.45) is 14.9. The number of carbonyl (C=O) groups excluding carboxylic acids is 3. The fraction of sp³-hybridized carbons (Fsp3) is 0.444. The zero-order valence-electron chi connectivity index (χ0n) is 33.3. The van der Waals surface area contributed by atoms with Crippen LogP contribution in [0.15, 0.2) is 116 Å². The van der Waals surface area contributed by atoms with Gasteiger partial charge in [-0.25, -0.2) is 14.4 Å². The first kappa shape index (κ1) is 45.3. The Labute approximate surface area is 340 Å². The second-order valence-electron chi connectivity index (χ2n) is 14.1. The van der Waals surface area contributed by atoms with Gasteiger partial charge in [-0.2, -0.15) is 0 Å². The summed E-state index contributed by atoms with van der Waals surface area (Å²) in [6.45, 7) is 5.13. The molecule has 13 heteroatoms. The first-order chi connectivity index (χ1) is 28.1. The normalized spacial score (nSPS) is 21.5. The van der Waals surface area contributed by atoms with Crippen molar-refractivity contribution in [3.63, 3.8) is 0 Å². The van der Waals surface area contributed by atoms with Crippen molar-refractivity contribution in [3.05, 3.63) is 116 Å². The maximum atomic E-state index is 13.0. The number of hydrogen-bond acceptors (Lipinski definition) is 12. The summed E-state index contributed by atoms with van der Waals surface area (Å²) < 4.78 is 38.8. The van der Waals surface area contributed by atoms with Gasteiger partial charge >= 0.3 is 18.0 Å². The molecule has 2 aliphatic rings. The number of ether oxygens (including phenoxy) is 7. The number of esters is 2. The molecule has 0 bridgehead atoms. The highest BCUT2D eigenvalue weighted by atomic mass is 16.7. The summed E-state index contributed by atoms with van der Waals surface area (Å²) in [4.78, 5) is 37.2. The lowest BCUT2D eigenvalue weighted by Gasteiger charge is -2.33. The molecule has 4 rings (SSSR count). The van der Waals surface area contributed by atoms with E-state index in [-0.39, 0.29) is 57.3 Å². The number of para-hydroxylation sites is 1. The van der Waals surface area contributed by atoms with Gasteiger partial charge in [0.2, 0.25) is 0 Å². The number of cyclic esters (lactones) is 1. The number of allylic oxidation sites excluding steroid dienone is 3. The number of rotatable bonds is 23. The molecule has 1 fully saturated rings. The van der Waals surface area contributed by atoms with Gasteiger partial charge in [-0.05, 0) is 86.6 Å². The van der Waals surface area contributed by atoms with Crippen LogP contribution >= 0.6 is 0 Å². The molecule has 1 amide bonds. The van der Waals surface area contributed by atoms with E-state index in [4.69, 9.17) is 33.2 Å². The number of hydrogen-bond donors (Lipinski definition) is 3. The molecule has 2 aromatic rings. The molecular weight excluding hydrogens is 746 g/mol. The van der Waals surface area contributed by atoms with Gasteiger partial charge < -0.3 is 48.7 Å². The molecule has 0 radical (unpaired) electrons. The SMILES string of the molecule is C=CCOC(=O)NCC[C@@](O)(/C=C/[C@@H]1OC(=O)C=C[C@@H]1CC)[C@H](O)C[C@H](/C=C\C=C/[C@@H]1CCC[C@H](OCOc2ccc(OC)cc2)C1)OC(=O)COc1ccccc1. The van der Waals surface area contributed by atoms with E-state index >= 15 is 0 Å². The number of nitrogens with one attached hydrogen (secondary N) is 1. The molecule has 7 atom stereocenters. The average Bonchev–Trinajstić information content (AvgIpc) is 3.23. The van der Waals surface area contributed by atoms with E-state index in [1.807, 2.05) is 43.3 Å².